The van der Waals surface area contributed by atoms with E-state index in [9.17, 15) is 4.79 Å². The Morgan fingerprint density at radius 1 is 1.25 bits per heavy atom. The summed E-state index contributed by atoms with van der Waals surface area (Å²) in [6, 6.07) is 6.78. The average Bonchev–Trinajstić information content (AvgIpc) is 3.28. The Morgan fingerprint density at radius 2 is 2.08 bits per heavy atom. The lowest BCUT2D eigenvalue weighted by atomic mass is 9.46. The zero-order valence-corrected chi connectivity index (χ0v) is 14.3. The molecule has 4 nitrogen and oxygen atoms in total. The molecule has 128 valence electrons. The van der Waals surface area contributed by atoms with Crippen LogP contribution in [0.25, 0.3) is 0 Å². The van der Waals surface area contributed by atoms with Crippen molar-refractivity contribution >= 4 is 17.3 Å². The minimum Gasteiger partial charge on any atom is -0.381 e. The summed E-state index contributed by atoms with van der Waals surface area (Å²) in [5.41, 5.74) is 3.71. The average molecular weight is 326 g/mol. The largest absolute Gasteiger partial charge is 0.381 e. The molecule has 1 amide bonds. The summed E-state index contributed by atoms with van der Waals surface area (Å²) in [6.45, 7) is 3.06. The Balaban J connectivity index is 1.35. The van der Waals surface area contributed by atoms with Crippen molar-refractivity contribution in [3.8, 4) is 0 Å². The third-order valence-electron chi connectivity index (χ3n) is 6.80. The first-order valence-corrected chi connectivity index (χ1v) is 9.47. The Hall–Kier alpha value is -1.55. The second-order valence-electron chi connectivity index (χ2n) is 8.25. The summed E-state index contributed by atoms with van der Waals surface area (Å²) in [6.07, 6.45) is 7.67. The SMILES string of the molecule is Cc1ccc(NC(=O)C2CC2)cc1N[C@@H]1[C@H]2CCO[C@@H]2C12CCC2. The molecule has 0 bridgehead atoms. The van der Waals surface area contributed by atoms with Crippen molar-refractivity contribution in [1.29, 1.82) is 0 Å². The number of benzene rings is 1. The highest BCUT2D eigenvalue weighted by atomic mass is 16.5. The molecule has 24 heavy (non-hydrogen) atoms. The topological polar surface area (TPSA) is 50.4 Å². The van der Waals surface area contributed by atoms with Crippen LogP contribution in [0.4, 0.5) is 11.4 Å². The van der Waals surface area contributed by atoms with Gasteiger partial charge >= 0.3 is 0 Å². The van der Waals surface area contributed by atoms with Gasteiger partial charge in [0.2, 0.25) is 5.91 Å². The Kier molecular flexibility index (Phi) is 3.21. The Bertz CT molecular complexity index is 678. The minimum absolute atomic E-state index is 0.174. The van der Waals surface area contributed by atoms with Crippen LogP contribution in [-0.4, -0.2) is 24.7 Å². The van der Waals surface area contributed by atoms with Gasteiger partial charge < -0.3 is 15.4 Å². The summed E-state index contributed by atoms with van der Waals surface area (Å²) in [5, 5.41) is 6.91. The fraction of sp³-hybridized carbons (Fsp3) is 0.650. The number of ether oxygens (including phenoxy) is 1. The fourth-order valence-electron chi connectivity index (χ4n) is 5.07. The molecule has 3 aliphatic carbocycles. The van der Waals surface area contributed by atoms with Gasteiger partial charge in [-0.1, -0.05) is 12.5 Å². The van der Waals surface area contributed by atoms with Gasteiger partial charge in [-0.25, -0.2) is 0 Å². The summed E-state index contributed by atoms with van der Waals surface area (Å²) in [5.74, 6) is 1.08. The van der Waals surface area contributed by atoms with Gasteiger partial charge in [-0.2, -0.15) is 0 Å². The maximum absolute atomic E-state index is 12.0. The van der Waals surface area contributed by atoms with Crippen LogP contribution in [0.15, 0.2) is 18.2 Å². The highest BCUT2D eigenvalue weighted by Gasteiger charge is 2.66. The van der Waals surface area contributed by atoms with Crippen LogP contribution in [0.5, 0.6) is 0 Å². The highest BCUT2D eigenvalue weighted by Crippen LogP contribution is 2.63. The molecule has 5 rings (SSSR count). The number of aryl methyl sites for hydroxylation is 1. The number of hydrogen-bond acceptors (Lipinski definition) is 3. The molecule has 1 saturated heterocycles. The third-order valence-corrected chi connectivity index (χ3v) is 6.80. The van der Waals surface area contributed by atoms with Crippen molar-refractivity contribution in [2.24, 2.45) is 17.3 Å². The highest BCUT2D eigenvalue weighted by molar-refractivity contribution is 5.94. The van der Waals surface area contributed by atoms with Crippen molar-refractivity contribution in [1.82, 2.24) is 0 Å². The summed E-state index contributed by atoms with van der Waals surface area (Å²) in [4.78, 5) is 12.0. The number of anilines is 2. The molecule has 1 heterocycles. The Morgan fingerprint density at radius 3 is 2.79 bits per heavy atom. The second kappa shape index (κ2) is 5.22. The van der Waals surface area contributed by atoms with E-state index in [4.69, 9.17) is 4.74 Å². The van der Waals surface area contributed by atoms with Crippen LogP contribution >= 0.6 is 0 Å². The van der Waals surface area contributed by atoms with Gasteiger partial charge in [0.15, 0.2) is 0 Å². The van der Waals surface area contributed by atoms with Crippen molar-refractivity contribution in [3.63, 3.8) is 0 Å². The molecule has 0 unspecified atom stereocenters. The molecule has 1 aliphatic heterocycles. The van der Waals surface area contributed by atoms with E-state index in [2.05, 4.69) is 29.7 Å². The molecule has 4 fully saturated rings. The van der Waals surface area contributed by atoms with Crippen molar-refractivity contribution in [2.75, 3.05) is 17.2 Å². The van der Waals surface area contributed by atoms with Crippen molar-refractivity contribution in [2.45, 2.75) is 57.6 Å². The normalized spacial score (nSPS) is 32.6. The second-order valence-corrected chi connectivity index (χ2v) is 8.25. The molecule has 0 aromatic heterocycles. The van der Waals surface area contributed by atoms with Crippen molar-refractivity contribution in [3.05, 3.63) is 23.8 Å². The first-order valence-electron chi connectivity index (χ1n) is 9.47. The molecular formula is C20H26N2O2. The molecule has 4 aliphatic rings. The molecule has 1 aromatic carbocycles. The zero-order valence-electron chi connectivity index (χ0n) is 14.3. The smallest absolute Gasteiger partial charge is 0.227 e. The standard InChI is InChI=1S/C20H26N2O2/c1-12-3-6-14(21-19(23)13-4-5-13)11-16(12)22-17-15-7-10-24-18(15)20(17)8-2-9-20/h3,6,11,13,15,17-18,22H,2,4-5,7-10H2,1H3,(H,21,23)/t15-,17-,18+/m1/s1. The number of rotatable bonds is 4. The lowest BCUT2D eigenvalue weighted by molar-refractivity contribution is -0.158. The maximum Gasteiger partial charge on any atom is 0.227 e. The van der Waals surface area contributed by atoms with E-state index in [1.807, 2.05) is 6.07 Å². The third kappa shape index (κ3) is 2.12. The predicted molar refractivity (Wildman–Crippen MR) is 94.1 cm³/mol. The van der Waals surface area contributed by atoms with Gasteiger partial charge in [0.05, 0.1) is 6.10 Å². The summed E-state index contributed by atoms with van der Waals surface area (Å²) < 4.78 is 6.02. The van der Waals surface area contributed by atoms with E-state index in [0.29, 0.717) is 23.5 Å². The summed E-state index contributed by atoms with van der Waals surface area (Å²) in [7, 11) is 0. The van der Waals surface area contributed by atoms with Crippen LogP contribution in [0.1, 0.15) is 44.1 Å². The van der Waals surface area contributed by atoms with Crippen molar-refractivity contribution < 1.29 is 9.53 Å². The molecule has 1 aromatic rings. The van der Waals surface area contributed by atoms with E-state index in [1.54, 1.807) is 0 Å². The maximum atomic E-state index is 12.0. The number of amides is 1. The van der Waals surface area contributed by atoms with E-state index < -0.39 is 0 Å². The lowest BCUT2D eigenvalue weighted by Gasteiger charge is -2.63. The molecule has 1 spiro atoms. The van der Waals surface area contributed by atoms with Crippen LogP contribution in [0.2, 0.25) is 0 Å². The van der Waals surface area contributed by atoms with E-state index in [-0.39, 0.29) is 11.8 Å². The van der Waals surface area contributed by atoms with Gasteiger partial charge in [-0.05, 0) is 56.7 Å². The van der Waals surface area contributed by atoms with Gasteiger partial charge in [-0.3, -0.25) is 4.79 Å². The number of hydrogen-bond donors (Lipinski definition) is 2. The van der Waals surface area contributed by atoms with Gasteiger partial charge in [0.1, 0.15) is 0 Å². The number of carbonyl (C=O) groups excluding carboxylic acids is 1. The number of fused-ring (bicyclic) bond motifs is 2. The van der Waals surface area contributed by atoms with E-state index >= 15 is 0 Å². The number of carbonyl (C=O) groups is 1. The van der Waals surface area contributed by atoms with Gasteiger partial charge in [0.25, 0.3) is 0 Å². The molecule has 3 saturated carbocycles. The zero-order chi connectivity index (χ0) is 16.3. The van der Waals surface area contributed by atoms with E-state index in [1.165, 1.54) is 36.9 Å². The van der Waals surface area contributed by atoms with Gasteiger partial charge in [0, 0.05) is 41.3 Å². The van der Waals surface area contributed by atoms with Gasteiger partial charge in [-0.15, -0.1) is 0 Å². The van der Waals surface area contributed by atoms with Crippen LogP contribution in [-0.2, 0) is 9.53 Å². The molecule has 4 heteroatoms. The first-order chi connectivity index (χ1) is 11.7. The molecule has 3 atom stereocenters. The fourth-order valence-corrected chi connectivity index (χ4v) is 5.07. The summed E-state index contributed by atoms with van der Waals surface area (Å²) >= 11 is 0. The van der Waals surface area contributed by atoms with Crippen LogP contribution in [0, 0.1) is 24.2 Å². The molecular weight excluding hydrogens is 300 g/mol. The van der Waals surface area contributed by atoms with E-state index in [0.717, 1.165) is 25.1 Å². The quantitative estimate of drug-likeness (QED) is 0.887. The van der Waals surface area contributed by atoms with Crippen LogP contribution in [0.3, 0.4) is 0 Å². The first kappa shape index (κ1) is 14.8. The number of nitrogens with one attached hydrogen (secondary N) is 2. The minimum atomic E-state index is 0.174. The lowest BCUT2D eigenvalue weighted by Crippen LogP contribution is -2.68. The molecule has 2 N–H and O–H groups in total. The molecule has 0 radical (unpaired) electrons. The monoisotopic (exact) mass is 326 g/mol. The van der Waals surface area contributed by atoms with Crippen LogP contribution < -0.4 is 10.6 Å². The predicted octanol–water partition coefficient (Wildman–Crippen LogP) is 3.71. The Labute approximate surface area is 143 Å².